The van der Waals surface area contributed by atoms with Crippen molar-refractivity contribution in [2.45, 2.75) is 50.5 Å². The molecule has 0 bridgehead atoms. The molecule has 2 aliphatic rings. The number of aliphatic hydroxyl groups is 1. The van der Waals surface area contributed by atoms with Gasteiger partial charge in [-0.05, 0) is 67.6 Å². The SMILES string of the molecule is Oc1ccc(C2CCC3(CC2)CC(O)C3)cc1. The summed E-state index contributed by atoms with van der Waals surface area (Å²) in [6, 6.07) is 7.67. The zero-order valence-corrected chi connectivity index (χ0v) is 10.1. The Morgan fingerprint density at radius 3 is 2.12 bits per heavy atom. The van der Waals surface area contributed by atoms with Gasteiger partial charge in [0.15, 0.2) is 0 Å². The molecule has 2 heteroatoms. The first-order chi connectivity index (χ1) is 8.17. The fourth-order valence-corrected chi connectivity index (χ4v) is 3.66. The van der Waals surface area contributed by atoms with Crippen LogP contribution < -0.4 is 0 Å². The predicted molar refractivity (Wildman–Crippen MR) is 67.0 cm³/mol. The van der Waals surface area contributed by atoms with E-state index in [1.165, 1.54) is 31.2 Å². The molecule has 2 nitrogen and oxygen atoms in total. The van der Waals surface area contributed by atoms with Gasteiger partial charge in [-0.1, -0.05) is 12.1 Å². The number of phenols is 1. The van der Waals surface area contributed by atoms with Gasteiger partial charge < -0.3 is 10.2 Å². The van der Waals surface area contributed by atoms with E-state index in [0.29, 0.717) is 17.1 Å². The van der Waals surface area contributed by atoms with E-state index in [1.54, 1.807) is 12.1 Å². The molecule has 0 unspecified atom stereocenters. The van der Waals surface area contributed by atoms with Crippen LogP contribution in [0.1, 0.15) is 50.0 Å². The molecule has 0 atom stereocenters. The van der Waals surface area contributed by atoms with Crippen LogP contribution in [0.4, 0.5) is 0 Å². The molecular formula is C15H20O2. The summed E-state index contributed by atoms with van der Waals surface area (Å²) in [5.74, 6) is 1.00. The van der Waals surface area contributed by atoms with Crippen LogP contribution in [0.25, 0.3) is 0 Å². The van der Waals surface area contributed by atoms with E-state index in [9.17, 15) is 10.2 Å². The van der Waals surface area contributed by atoms with Gasteiger partial charge in [0, 0.05) is 0 Å². The normalized spacial score (nSPS) is 36.8. The predicted octanol–water partition coefficient (Wildman–Crippen LogP) is 3.19. The maximum atomic E-state index is 9.45. The van der Waals surface area contributed by atoms with Crippen LogP contribution in [0.2, 0.25) is 0 Å². The quantitative estimate of drug-likeness (QED) is 0.780. The second-order valence-corrected chi connectivity index (χ2v) is 5.93. The van der Waals surface area contributed by atoms with Gasteiger partial charge in [-0.15, -0.1) is 0 Å². The minimum atomic E-state index is -0.0276. The molecule has 17 heavy (non-hydrogen) atoms. The summed E-state index contributed by atoms with van der Waals surface area (Å²) in [4.78, 5) is 0. The summed E-state index contributed by atoms with van der Waals surface area (Å²) < 4.78 is 0. The number of benzene rings is 1. The van der Waals surface area contributed by atoms with Gasteiger partial charge in [0.2, 0.25) is 0 Å². The number of rotatable bonds is 1. The van der Waals surface area contributed by atoms with Crippen molar-refractivity contribution in [3.63, 3.8) is 0 Å². The average Bonchev–Trinajstić information content (AvgIpc) is 2.30. The molecule has 0 aliphatic heterocycles. The van der Waals surface area contributed by atoms with Gasteiger partial charge in [-0.25, -0.2) is 0 Å². The molecule has 1 aromatic rings. The zero-order chi connectivity index (χ0) is 11.9. The maximum absolute atomic E-state index is 9.45. The minimum absolute atomic E-state index is 0.0276. The van der Waals surface area contributed by atoms with Gasteiger partial charge in [0.1, 0.15) is 5.75 Å². The average molecular weight is 232 g/mol. The number of phenolic OH excluding ortho intramolecular Hbond substituents is 1. The largest absolute Gasteiger partial charge is 0.508 e. The highest BCUT2D eigenvalue weighted by Gasteiger charge is 2.45. The van der Waals surface area contributed by atoms with E-state index in [2.05, 4.69) is 0 Å². The molecule has 2 fully saturated rings. The third-order valence-corrected chi connectivity index (χ3v) is 4.75. The van der Waals surface area contributed by atoms with E-state index in [0.717, 1.165) is 12.8 Å². The summed E-state index contributed by atoms with van der Waals surface area (Å²) >= 11 is 0. The first kappa shape index (κ1) is 11.1. The highest BCUT2D eigenvalue weighted by molar-refractivity contribution is 5.28. The van der Waals surface area contributed by atoms with Crippen molar-refractivity contribution in [2.24, 2.45) is 5.41 Å². The standard InChI is InChI=1S/C15H20O2/c16-13-3-1-11(2-4-13)12-5-7-15(8-6-12)9-14(17)10-15/h1-4,12,14,16-17H,5-10H2. The van der Waals surface area contributed by atoms with Crippen LogP contribution >= 0.6 is 0 Å². The number of hydrogen-bond donors (Lipinski definition) is 2. The van der Waals surface area contributed by atoms with Crippen molar-refractivity contribution < 1.29 is 10.2 Å². The molecule has 92 valence electrons. The number of aliphatic hydroxyl groups excluding tert-OH is 1. The molecule has 2 aliphatic carbocycles. The lowest BCUT2D eigenvalue weighted by atomic mass is 9.57. The molecule has 0 aromatic heterocycles. The van der Waals surface area contributed by atoms with Crippen molar-refractivity contribution in [2.75, 3.05) is 0 Å². The Balaban J connectivity index is 1.63. The summed E-state index contributed by atoms with van der Waals surface area (Å²) in [5.41, 5.74) is 1.84. The van der Waals surface area contributed by atoms with E-state index in [4.69, 9.17) is 0 Å². The summed E-state index contributed by atoms with van der Waals surface area (Å²) in [6.45, 7) is 0. The Labute approximate surface area is 102 Å². The van der Waals surface area contributed by atoms with Crippen LogP contribution in [-0.4, -0.2) is 16.3 Å². The highest BCUT2D eigenvalue weighted by atomic mass is 16.3. The molecular weight excluding hydrogens is 212 g/mol. The number of aromatic hydroxyl groups is 1. The minimum Gasteiger partial charge on any atom is -0.508 e. The summed E-state index contributed by atoms with van der Waals surface area (Å²) in [7, 11) is 0. The van der Waals surface area contributed by atoms with Gasteiger partial charge in [0.25, 0.3) is 0 Å². The molecule has 0 radical (unpaired) electrons. The Morgan fingerprint density at radius 1 is 1.00 bits per heavy atom. The molecule has 0 amide bonds. The summed E-state index contributed by atoms with van der Waals surface area (Å²) in [5, 5.41) is 18.7. The van der Waals surface area contributed by atoms with Crippen LogP contribution in [0.15, 0.2) is 24.3 Å². The van der Waals surface area contributed by atoms with E-state index >= 15 is 0 Å². The third kappa shape index (κ3) is 2.06. The van der Waals surface area contributed by atoms with Gasteiger partial charge in [-0.3, -0.25) is 0 Å². The Kier molecular flexibility index (Phi) is 2.62. The topological polar surface area (TPSA) is 40.5 Å². The molecule has 1 spiro atoms. The van der Waals surface area contributed by atoms with Crippen molar-refractivity contribution >= 4 is 0 Å². The highest BCUT2D eigenvalue weighted by Crippen LogP contribution is 2.54. The maximum Gasteiger partial charge on any atom is 0.115 e. The molecule has 0 heterocycles. The number of hydrogen-bond acceptors (Lipinski definition) is 2. The molecule has 0 saturated heterocycles. The lowest BCUT2D eigenvalue weighted by molar-refractivity contribution is -0.0568. The van der Waals surface area contributed by atoms with Crippen LogP contribution in [0.5, 0.6) is 5.75 Å². The van der Waals surface area contributed by atoms with E-state index < -0.39 is 0 Å². The first-order valence-corrected chi connectivity index (χ1v) is 6.64. The lowest BCUT2D eigenvalue weighted by Gasteiger charge is -2.49. The van der Waals surface area contributed by atoms with Crippen molar-refractivity contribution in [1.82, 2.24) is 0 Å². The summed E-state index contributed by atoms with van der Waals surface area (Å²) in [6.07, 6.45) is 7.00. The van der Waals surface area contributed by atoms with Gasteiger partial charge >= 0.3 is 0 Å². The Morgan fingerprint density at radius 2 is 1.59 bits per heavy atom. The zero-order valence-electron chi connectivity index (χ0n) is 10.1. The smallest absolute Gasteiger partial charge is 0.115 e. The molecule has 3 rings (SSSR count). The van der Waals surface area contributed by atoms with Gasteiger partial charge in [0.05, 0.1) is 6.10 Å². The van der Waals surface area contributed by atoms with Crippen molar-refractivity contribution in [1.29, 1.82) is 0 Å². The van der Waals surface area contributed by atoms with Crippen LogP contribution in [0.3, 0.4) is 0 Å². The third-order valence-electron chi connectivity index (χ3n) is 4.75. The first-order valence-electron chi connectivity index (χ1n) is 6.64. The van der Waals surface area contributed by atoms with Crippen LogP contribution in [-0.2, 0) is 0 Å². The van der Waals surface area contributed by atoms with Crippen molar-refractivity contribution in [3.8, 4) is 5.75 Å². The monoisotopic (exact) mass is 232 g/mol. The molecule has 2 saturated carbocycles. The fraction of sp³-hybridized carbons (Fsp3) is 0.600. The van der Waals surface area contributed by atoms with E-state index in [-0.39, 0.29) is 6.10 Å². The Bertz CT molecular complexity index is 380. The Hall–Kier alpha value is -1.02. The fourth-order valence-electron chi connectivity index (χ4n) is 3.66. The lowest BCUT2D eigenvalue weighted by Crippen LogP contribution is -2.43. The molecule has 2 N–H and O–H groups in total. The van der Waals surface area contributed by atoms with Crippen molar-refractivity contribution in [3.05, 3.63) is 29.8 Å². The molecule has 1 aromatic carbocycles. The van der Waals surface area contributed by atoms with Gasteiger partial charge in [-0.2, -0.15) is 0 Å². The van der Waals surface area contributed by atoms with E-state index in [1.807, 2.05) is 12.1 Å². The van der Waals surface area contributed by atoms with Crippen LogP contribution in [0, 0.1) is 5.41 Å². The second-order valence-electron chi connectivity index (χ2n) is 5.93. The second kappa shape index (κ2) is 4.02.